The summed E-state index contributed by atoms with van der Waals surface area (Å²) in [6.07, 6.45) is 1.27. The van der Waals surface area contributed by atoms with Crippen LogP contribution in [0.25, 0.3) is 0 Å². The van der Waals surface area contributed by atoms with Gasteiger partial charge in [0, 0.05) is 25.6 Å². The maximum Gasteiger partial charge on any atom is 0.311 e. The summed E-state index contributed by atoms with van der Waals surface area (Å²) in [6, 6.07) is 7.99. The van der Waals surface area contributed by atoms with E-state index in [1.807, 2.05) is 18.2 Å². The summed E-state index contributed by atoms with van der Waals surface area (Å²) in [4.78, 5) is 26.3. The van der Waals surface area contributed by atoms with Gasteiger partial charge >= 0.3 is 5.97 Å². The average Bonchev–Trinajstić information content (AvgIpc) is 2.89. The summed E-state index contributed by atoms with van der Waals surface area (Å²) in [5, 5.41) is 9.67. The zero-order valence-electron chi connectivity index (χ0n) is 12.3. The van der Waals surface area contributed by atoms with Crippen LogP contribution in [0.1, 0.15) is 23.5 Å². The Bertz CT molecular complexity index is 643. The lowest BCUT2D eigenvalue weighted by Crippen LogP contribution is -2.45. The van der Waals surface area contributed by atoms with Crippen molar-refractivity contribution in [2.75, 3.05) is 26.3 Å². The number of likely N-dealkylation sites (tertiary alicyclic amines) is 1. The molecule has 0 spiro atoms. The van der Waals surface area contributed by atoms with Crippen LogP contribution in [0.3, 0.4) is 0 Å². The molecule has 0 saturated carbocycles. The van der Waals surface area contributed by atoms with E-state index in [4.69, 9.17) is 4.74 Å². The molecule has 0 radical (unpaired) electrons. The van der Waals surface area contributed by atoms with Crippen LogP contribution in [0, 0.1) is 11.3 Å². The topological polar surface area (TPSA) is 66.8 Å². The average molecular weight is 301 g/mol. The lowest BCUT2D eigenvalue weighted by atomic mass is 9.74. The van der Waals surface area contributed by atoms with Gasteiger partial charge in [-0.2, -0.15) is 0 Å². The number of fused-ring (bicyclic) bond motifs is 2. The first kappa shape index (κ1) is 13.8. The molecule has 1 N–H and O–H groups in total. The molecule has 0 bridgehead atoms. The van der Waals surface area contributed by atoms with Gasteiger partial charge in [0.15, 0.2) is 0 Å². The highest BCUT2D eigenvalue weighted by Crippen LogP contribution is 2.45. The molecule has 1 amide bonds. The summed E-state index contributed by atoms with van der Waals surface area (Å²) >= 11 is 0. The van der Waals surface area contributed by atoms with Gasteiger partial charge in [-0.1, -0.05) is 24.3 Å². The first-order valence-corrected chi connectivity index (χ1v) is 7.79. The van der Waals surface area contributed by atoms with Gasteiger partial charge in [0.1, 0.15) is 0 Å². The number of rotatable bonds is 2. The first-order chi connectivity index (χ1) is 10.6. The van der Waals surface area contributed by atoms with Gasteiger partial charge in [-0.05, 0) is 24.0 Å². The third kappa shape index (κ3) is 1.81. The molecule has 0 unspecified atom stereocenters. The highest BCUT2D eigenvalue weighted by atomic mass is 16.5. The molecule has 2 fully saturated rings. The zero-order chi connectivity index (χ0) is 15.3. The van der Waals surface area contributed by atoms with Crippen LogP contribution < -0.4 is 0 Å². The third-order valence-electron chi connectivity index (χ3n) is 5.60. The van der Waals surface area contributed by atoms with Crippen LogP contribution in [0.4, 0.5) is 0 Å². The quantitative estimate of drug-likeness (QED) is 0.893. The Balaban J connectivity index is 1.55. The molecule has 1 aliphatic carbocycles. The zero-order valence-corrected chi connectivity index (χ0v) is 12.3. The van der Waals surface area contributed by atoms with Crippen molar-refractivity contribution in [1.29, 1.82) is 0 Å². The van der Waals surface area contributed by atoms with Crippen LogP contribution in [0.2, 0.25) is 0 Å². The number of hydrogen-bond donors (Lipinski definition) is 1. The third-order valence-corrected chi connectivity index (χ3v) is 5.60. The Morgan fingerprint density at radius 3 is 2.86 bits per heavy atom. The minimum Gasteiger partial charge on any atom is -0.481 e. The molecule has 1 aromatic carbocycles. The normalized spacial score (nSPS) is 32.8. The van der Waals surface area contributed by atoms with E-state index in [1.54, 1.807) is 4.90 Å². The molecule has 22 heavy (non-hydrogen) atoms. The van der Waals surface area contributed by atoms with Gasteiger partial charge in [0.2, 0.25) is 5.91 Å². The molecule has 2 saturated heterocycles. The SMILES string of the molecule is O=C([C@@H]1Cc2ccccc21)N1C[C@H]2COCC[C@@]2(C(=O)O)C1. The van der Waals surface area contributed by atoms with Gasteiger partial charge in [0.25, 0.3) is 0 Å². The van der Waals surface area contributed by atoms with Crippen LogP contribution >= 0.6 is 0 Å². The predicted octanol–water partition coefficient (Wildman–Crippen LogP) is 1.28. The second-order valence-electron chi connectivity index (χ2n) is 6.66. The maximum absolute atomic E-state index is 12.8. The Hall–Kier alpha value is -1.88. The minimum absolute atomic E-state index is 0.0775. The molecule has 2 aliphatic heterocycles. The van der Waals surface area contributed by atoms with Gasteiger partial charge in [0.05, 0.1) is 17.9 Å². The Kier molecular flexibility index (Phi) is 3.01. The summed E-state index contributed by atoms with van der Waals surface area (Å²) in [6.45, 7) is 1.74. The number of hydrogen-bond acceptors (Lipinski definition) is 3. The minimum atomic E-state index is -0.808. The molecule has 3 aliphatic rings. The summed E-state index contributed by atoms with van der Waals surface area (Å²) in [7, 11) is 0. The van der Waals surface area contributed by atoms with Crippen molar-refractivity contribution in [1.82, 2.24) is 4.90 Å². The molecule has 5 heteroatoms. The van der Waals surface area contributed by atoms with E-state index in [0.29, 0.717) is 32.7 Å². The maximum atomic E-state index is 12.8. The van der Waals surface area contributed by atoms with E-state index >= 15 is 0 Å². The summed E-state index contributed by atoms with van der Waals surface area (Å²) < 4.78 is 5.44. The second kappa shape index (κ2) is 4.81. The van der Waals surface area contributed by atoms with E-state index < -0.39 is 11.4 Å². The Morgan fingerprint density at radius 2 is 2.14 bits per heavy atom. The van der Waals surface area contributed by atoms with E-state index in [1.165, 1.54) is 5.56 Å². The van der Waals surface area contributed by atoms with E-state index in [-0.39, 0.29) is 17.7 Å². The molecule has 0 aromatic heterocycles. The van der Waals surface area contributed by atoms with Crippen molar-refractivity contribution in [3.8, 4) is 0 Å². The van der Waals surface area contributed by atoms with E-state index in [0.717, 1.165) is 12.0 Å². The summed E-state index contributed by atoms with van der Waals surface area (Å²) in [5.74, 6) is -0.889. The number of carbonyl (C=O) groups is 2. The fraction of sp³-hybridized carbons (Fsp3) is 0.529. The van der Waals surface area contributed by atoms with Gasteiger partial charge in [-0.3, -0.25) is 9.59 Å². The van der Waals surface area contributed by atoms with Crippen molar-refractivity contribution < 1.29 is 19.4 Å². The molecule has 5 nitrogen and oxygen atoms in total. The van der Waals surface area contributed by atoms with Gasteiger partial charge < -0.3 is 14.7 Å². The van der Waals surface area contributed by atoms with Crippen molar-refractivity contribution in [3.63, 3.8) is 0 Å². The number of ether oxygens (including phenoxy) is 1. The number of benzene rings is 1. The molecule has 2 heterocycles. The smallest absolute Gasteiger partial charge is 0.311 e. The van der Waals surface area contributed by atoms with Gasteiger partial charge in [-0.15, -0.1) is 0 Å². The van der Waals surface area contributed by atoms with E-state index in [9.17, 15) is 14.7 Å². The van der Waals surface area contributed by atoms with Crippen LogP contribution in [-0.4, -0.2) is 48.2 Å². The largest absolute Gasteiger partial charge is 0.481 e. The standard InChI is InChI=1S/C17H19NO4/c19-15(14-7-11-3-1-2-4-13(11)14)18-8-12-9-22-6-5-17(12,10-18)16(20)21/h1-4,12,14H,5-10H2,(H,20,21)/t12-,14+,17+/m0/s1. The van der Waals surface area contributed by atoms with Crippen molar-refractivity contribution in [2.24, 2.45) is 11.3 Å². The summed E-state index contributed by atoms with van der Waals surface area (Å²) in [5.41, 5.74) is 1.52. The number of nitrogens with zero attached hydrogens (tertiary/aromatic N) is 1. The Morgan fingerprint density at radius 1 is 1.32 bits per heavy atom. The lowest BCUT2D eigenvalue weighted by molar-refractivity contribution is -0.157. The number of amides is 1. The van der Waals surface area contributed by atoms with Crippen LogP contribution in [0.15, 0.2) is 24.3 Å². The second-order valence-corrected chi connectivity index (χ2v) is 6.66. The van der Waals surface area contributed by atoms with Crippen molar-refractivity contribution in [2.45, 2.75) is 18.8 Å². The van der Waals surface area contributed by atoms with E-state index in [2.05, 4.69) is 6.07 Å². The molecular weight excluding hydrogens is 282 g/mol. The highest BCUT2D eigenvalue weighted by Gasteiger charge is 2.55. The highest BCUT2D eigenvalue weighted by molar-refractivity contribution is 5.88. The first-order valence-electron chi connectivity index (χ1n) is 7.79. The van der Waals surface area contributed by atoms with Crippen LogP contribution in [0.5, 0.6) is 0 Å². The molecule has 116 valence electrons. The molecule has 3 atom stereocenters. The Labute approximate surface area is 128 Å². The molecular formula is C17H19NO4. The molecule has 1 aromatic rings. The van der Waals surface area contributed by atoms with Crippen molar-refractivity contribution >= 4 is 11.9 Å². The fourth-order valence-corrected chi connectivity index (χ4v) is 4.17. The van der Waals surface area contributed by atoms with Crippen molar-refractivity contribution in [3.05, 3.63) is 35.4 Å². The predicted molar refractivity (Wildman–Crippen MR) is 78.5 cm³/mol. The lowest BCUT2D eigenvalue weighted by Gasteiger charge is -2.34. The number of carbonyl (C=O) groups excluding carboxylic acids is 1. The monoisotopic (exact) mass is 301 g/mol. The number of carboxylic acids is 1. The number of aliphatic carboxylic acids is 1. The number of carboxylic acid groups (broad SMARTS) is 1. The van der Waals surface area contributed by atoms with Crippen LogP contribution in [-0.2, 0) is 20.7 Å². The fourth-order valence-electron chi connectivity index (χ4n) is 4.17. The van der Waals surface area contributed by atoms with Gasteiger partial charge in [-0.25, -0.2) is 0 Å². The molecule has 4 rings (SSSR count).